The zero-order valence-electron chi connectivity index (χ0n) is 12.6. The molecule has 0 saturated carbocycles. The molecule has 0 bridgehead atoms. The molecule has 0 atom stereocenters. The Labute approximate surface area is 124 Å². The predicted octanol–water partition coefficient (Wildman–Crippen LogP) is 3.15. The summed E-state index contributed by atoms with van der Waals surface area (Å²) < 4.78 is 0. The van der Waals surface area contributed by atoms with Crippen molar-refractivity contribution in [2.75, 3.05) is 11.1 Å². The number of aryl methyl sites for hydroxylation is 2. The molecule has 0 radical (unpaired) electrons. The fourth-order valence-corrected chi connectivity index (χ4v) is 2.16. The van der Waals surface area contributed by atoms with Crippen LogP contribution in [-0.4, -0.2) is 16.1 Å². The van der Waals surface area contributed by atoms with E-state index in [0.717, 1.165) is 24.2 Å². The molecule has 1 amide bonds. The van der Waals surface area contributed by atoms with E-state index in [0.29, 0.717) is 5.69 Å². The Hall–Kier alpha value is -2.30. The quantitative estimate of drug-likeness (QED) is 0.762. The molecule has 1 heterocycles. The van der Waals surface area contributed by atoms with E-state index in [1.165, 1.54) is 18.4 Å². The maximum absolute atomic E-state index is 12.1. The minimum absolute atomic E-state index is 0.252. The molecule has 0 saturated heterocycles. The third kappa shape index (κ3) is 3.62. The van der Waals surface area contributed by atoms with Crippen LogP contribution in [0, 0.1) is 0 Å². The summed E-state index contributed by atoms with van der Waals surface area (Å²) in [5, 5.41) is 9.58. The molecule has 0 aliphatic heterocycles. The van der Waals surface area contributed by atoms with Crippen molar-refractivity contribution < 1.29 is 4.79 Å². The topological polar surface area (TPSA) is 83.8 Å². The first kappa shape index (κ1) is 15.1. The Bertz CT molecular complexity index is 601. The van der Waals surface area contributed by atoms with E-state index >= 15 is 0 Å². The molecular formula is C16H22N4O. The van der Waals surface area contributed by atoms with Gasteiger partial charge >= 0.3 is 0 Å². The van der Waals surface area contributed by atoms with E-state index in [1.807, 2.05) is 31.2 Å². The van der Waals surface area contributed by atoms with Crippen LogP contribution in [0.1, 0.15) is 48.4 Å². The van der Waals surface area contributed by atoms with Crippen LogP contribution >= 0.6 is 0 Å². The molecule has 4 N–H and O–H groups in total. The SMILES string of the molecule is CCCCc1ccc(NC(=O)c2n[nH]c(CC)c2N)cc1. The fraction of sp³-hybridized carbons (Fsp3) is 0.375. The molecule has 0 spiro atoms. The van der Waals surface area contributed by atoms with Gasteiger partial charge in [0.2, 0.25) is 0 Å². The van der Waals surface area contributed by atoms with E-state index in [-0.39, 0.29) is 11.6 Å². The molecule has 0 unspecified atom stereocenters. The number of rotatable bonds is 6. The van der Waals surface area contributed by atoms with Gasteiger partial charge in [0.15, 0.2) is 5.69 Å². The third-order valence-corrected chi connectivity index (χ3v) is 3.48. The normalized spacial score (nSPS) is 10.6. The highest BCUT2D eigenvalue weighted by molar-refractivity contribution is 6.06. The highest BCUT2D eigenvalue weighted by Gasteiger charge is 2.16. The van der Waals surface area contributed by atoms with Crippen LogP contribution in [0.25, 0.3) is 0 Å². The number of carbonyl (C=O) groups is 1. The number of carbonyl (C=O) groups excluding carboxylic acids is 1. The molecular weight excluding hydrogens is 264 g/mol. The van der Waals surface area contributed by atoms with Crippen LogP contribution < -0.4 is 11.1 Å². The van der Waals surface area contributed by atoms with Gasteiger partial charge in [-0.05, 0) is 37.0 Å². The summed E-state index contributed by atoms with van der Waals surface area (Å²) in [6.07, 6.45) is 4.14. The number of nitrogens with zero attached hydrogens (tertiary/aromatic N) is 1. The zero-order chi connectivity index (χ0) is 15.2. The van der Waals surface area contributed by atoms with E-state index in [9.17, 15) is 4.79 Å². The zero-order valence-corrected chi connectivity index (χ0v) is 12.6. The lowest BCUT2D eigenvalue weighted by molar-refractivity contribution is 0.102. The van der Waals surface area contributed by atoms with Gasteiger partial charge in [0.1, 0.15) is 0 Å². The summed E-state index contributed by atoms with van der Waals surface area (Å²) >= 11 is 0. The minimum Gasteiger partial charge on any atom is -0.395 e. The first-order valence-electron chi connectivity index (χ1n) is 7.38. The van der Waals surface area contributed by atoms with Gasteiger partial charge in [-0.25, -0.2) is 0 Å². The van der Waals surface area contributed by atoms with Crippen molar-refractivity contribution in [2.24, 2.45) is 0 Å². The van der Waals surface area contributed by atoms with Gasteiger partial charge < -0.3 is 11.1 Å². The number of hydrogen-bond acceptors (Lipinski definition) is 3. The van der Waals surface area contributed by atoms with Crippen molar-refractivity contribution in [1.29, 1.82) is 0 Å². The number of benzene rings is 1. The summed E-state index contributed by atoms with van der Waals surface area (Å²) in [5.41, 5.74) is 9.39. The number of hydrogen-bond donors (Lipinski definition) is 3. The second-order valence-electron chi connectivity index (χ2n) is 5.07. The summed E-state index contributed by atoms with van der Waals surface area (Å²) in [6, 6.07) is 7.90. The molecule has 1 aromatic heterocycles. The second kappa shape index (κ2) is 6.92. The summed E-state index contributed by atoms with van der Waals surface area (Å²) in [6.45, 7) is 4.13. The molecule has 5 heteroatoms. The highest BCUT2D eigenvalue weighted by atomic mass is 16.2. The van der Waals surface area contributed by atoms with Crippen molar-refractivity contribution in [3.8, 4) is 0 Å². The van der Waals surface area contributed by atoms with Crippen LogP contribution in [0.2, 0.25) is 0 Å². The van der Waals surface area contributed by atoms with Gasteiger partial charge in [0, 0.05) is 5.69 Å². The van der Waals surface area contributed by atoms with Gasteiger partial charge in [-0.1, -0.05) is 32.4 Å². The number of amides is 1. The average Bonchev–Trinajstić information content (AvgIpc) is 2.87. The van der Waals surface area contributed by atoms with E-state index in [1.54, 1.807) is 0 Å². The van der Waals surface area contributed by atoms with Crippen molar-refractivity contribution in [3.05, 3.63) is 41.2 Å². The lowest BCUT2D eigenvalue weighted by Gasteiger charge is -2.05. The predicted molar refractivity (Wildman–Crippen MR) is 85.4 cm³/mol. The van der Waals surface area contributed by atoms with Gasteiger partial charge in [0.25, 0.3) is 5.91 Å². The molecule has 0 aliphatic carbocycles. The second-order valence-corrected chi connectivity index (χ2v) is 5.07. The molecule has 112 valence electrons. The smallest absolute Gasteiger partial charge is 0.278 e. The molecule has 1 aromatic carbocycles. The number of unbranched alkanes of at least 4 members (excludes halogenated alkanes) is 1. The minimum atomic E-state index is -0.287. The first-order valence-corrected chi connectivity index (χ1v) is 7.38. The van der Waals surface area contributed by atoms with Crippen molar-refractivity contribution in [3.63, 3.8) is 0 Å². The van der Waals surface area contributed by atoms with Crippen LogP contribution in [-0.2, 0) is 12.8 Å². The summed E-state index contributed by atoms with van der Waals surface area (Å²) in [5.74, 6) is -0.287. The lowest BCUT2D eigenvalue weighted by Crippen LogP contribution is -2.14. The molecule has 2 rings (SSSR count). The molecule has 5 nitrogen and oxygen atoms in total. The Morgan fingerprint density at radius 3 is 2.57 bits per heavy atom. The van der Waals surface area contributed by atoms with Gasteiger partial charge in [-0.15, -0.1) is 0 Å². The Kier molecular flexibility index (Phi) is 4.98. The Balaban J connectivity index is 2.03. The largest absolute Gasteiger partial charge is 0.395 e. The van der Waals surface area contributed by atoms with Crippen molar-refractivity contribution in [2.45, 2.75) is 39.5 Å². The summed E-state index contributed by atoms with van der Waals surface area (Å²) in [7, 11) is 0. The number of anilines is 2. The van der Waals surface area contributed by atoms with Gasteiger partial charge in [-0.3, -0.25) is 9.89 Å². The number of nitrogens with two attached hydrogens (primary N) is 1. The number of aromatic nitrogens is 2. The van der Waals surface area contributed by atoms with Crippen molar-refractivity contribution >= 4 is 17.3 Å². The number of aromatic amines is 1. The number of H-pyrrole nitrogens is 1. The Morgan fingerprint density at radius 2 is 2.00 bits per heavy atom. The molecule has 21 heavy (non-hydrogen) atoms. The maximum atomic E-state index is 12.1. The number of nitrogen functional groups attached to an aromatic ring is 1. The van der Waals surface area contributed by atoms with Crippen LogP contribution in [0.5, 0.6) is 0 Å². The van der Waals surface area contributed by atoms with E-state index in [4.69, 9.17) is 5.73 Å². The highest BCUT2D eigenvalue weighted by Crippen LogP contribution is 2.17. The third-order valence-electron chi connectivity index (χ3n) is 3.48. The van der Waals surface area contributed by atoms with Gasteiger partial charge in [-0.2, -0.15) is 5.10 Å². The Morgan fingerprint density at radius 1 is 1.29 bits per heavy atom. The maximum Gasteiger partial charge on any atom is 0.278 e. The first-order chi connectivity index (χ1) is 10.2. The van der Waals surface area contributed by atoms with Crippen molar-refractivity contribution in [1.82, 2.24) is 10.2 Å². The standard InChI is InChI=1S/C16H22N4O/c1-3-5-6-11-7-9-12(10-8-11)18-16(21)15-14(17)13(4-2)19-20-15/h7-10H,3-6,17H2,1-2H3,(H,18,21)(H,19,20). The summed E-state index contributed by atoms with van der Waals surface area (Å²) in [4.78, 5) is 12.1. The van der Waals surface area contributed by atoms with Gasteiger partial charge in [0.05, 0.1) is 11.4 Å². The van der Waals surface area contributed by atoms with Crippen LogP contribution in [0.15, 0.2) is 24.3 Å². The molecule has 2 aromatic rings. The van der Waals surface area contributed by atoms with E-state index in [2.05, 4.69) is 22.4 Å². The average molecular weight is 286 g/mol. The van der Waals surface area contributed by atoms with Crippen LogP contribution in [0.3, 0.4) is 0 Å². The van der Waals surface area contributed by atoms with Crippen LogP contribution in [0.4, 0.5) is 11.4 Å². The monoisotopic (exact) mass is 286 g/mol. The number of nitrogens with one attached hydrogen (secondary N) is 2. The molecule has 0 aliphatic rings. The molecule has 0 fully saturated rings. The fourth-order valence-electron chi connectivity index (χ4n) is 2.16. The lowest BCUT2D eigenvalue weighted by atomic mass is 10.1. The van der Waals surface area contributed by atoms with E-state index < -0.39 is 0 Å².